The lowest BCUT2D eigenvalue weighted by Gasteiger charge is -2.10. The first-order valence-electron chi connectivity index (χ1n) is 8.28. The highest BCUT2D eigenvalue weighted by molar-refractivity contribution is 6.26. The number of aromatic nitrogens is 3. The zero-order chi connectivity index (χ0) is 16.5. The van der Waals surface area contributed by atoms with E-state index in [2.05, 4.69) is 42.4 Å². The number of fused-ring (bicyclic) bond motifs is 10. The van der Waals surface area contributed by atoms with E-state index in [1.165, 1.54) is 5.56 Å². The lowest BCUT2D eigenvalue weighted by Crippen LogP contribution is -1.96. The molecule has 0 atom stereocenters. The minimum Gasteiger partial charge on any atom is -0.454 e. The molecule has 4 aromatic heterocycles. The fourth-order valence-corrected chi connectivity index (χ4v) is 3.97. The van der Waals surface area contributed by atoms with E-state index in [-0.39, 0.29) is 0 Å². The van der Waals surface area contributed by atoms with Crippen LogP contribution in [-0.4, -0.2) is 14.6 Å². The van der Waals surface area contributed by atoms with Crippen molar-refractivity contribution in [2.24, 2.45) is 0 Å². The maximum atomic E-state index is 6.03. The normalized spacial score (nSPS) is 12.2. The van der Waals surface area contributed by atoms with Crippen molar-refractivity contribution in [3.8, 4) is 0 Å². The molecule has 4 heterocycles. The van der Waals surface area contributed by atoms with Crippen LogP contribution in [0.15, 0.2) is 65.3 Å². The number of hydrogen-bond donors (Lipinski definition) is 0. The van der Waals surface area contributed by atoms with Crippen LogP contribution < -0.4 is 0 Å². The molecule has 4 heteroatoms. The van der Waals surface area contributed by atoms with E-state index in [1.807, 2.05) is 35.1 Å². The molecule has 0 aliphatic rings. The molecule has 0 amide bonds. The molecular formula is C21H13N3O. The molecule has 0 saturated heterocycles. The Morgan fingerprint density at radius 1 is 0.880 bits per heavy atom. The maximum Gasteiger partial charge on any atom is 0.154 e. The molecule has 0 saturated carbocycles. The summed E-state index contributed by atoms with van der Waals surface area (Å²) in [6.07, 6.45) is 3.69. The highest BCUT2D eigenvalue weighted by atomic mass is 16.3. The van der Waals surface area contributed by atoms with Gasteiger partial charge in [0.2, 0.25) is 0 Å². The molecule has 118 valence electrons. The predicted octanol–water partition coefficient (Wildman–Crippen LogP) is 5.24. The summed E-state index contributed by atoms with van der Waals surface area (Å²) in [6, 6.07) is 16.5. The van der Waals surface area contributed by atoms with E-state index < -0.39 is 0 Å². The molecular weight excluding hydrogens is 310 g/mol. The van der Waals surface area contributed by atoms with Gasteiger partial charge in [0.05, 0.1) is 28.9 Å². The Morgan fingerprint density at radius 3 is 2.72 bits per heavy atom. The number of rotatable bonds is 0. The molecule has 4 nitrogen and oxygen atoms in total. The Balaban J connectivity index is 2.05. The van der Waals surface area contributed by atoms with Gasteiger partial charge in [0.1, 0.15) is 5.58 Å². The van der Waals surface area contributed by atoms with Crippen molar-refractivity contribution < 1.29 is 4.42 Å². The summed E-state index contributed by atoms with van der Waals surface area (Å²) in [5.74, 6) is 0. The number of aryl methyl sites for hydroxylation is 1. The maximum absolute atomic E-state index is 6.03. The number of furan rings is 1. The van der Waals surface area contributed by atoms with Crippen LogP contribution in [0.2, 0.25) is 0 Å². The number of pyridine rings is 2. The van der Waals surface area contributed by atoms with Gasteiger partial charge in [-0.15, -0.1) is 0 Å². The van der Waals surface area contributed by atoms with Crippen molar-refractivity contribution in [3.63, 3.8) is 0 Å². The third-order valence-electron chi connectivity index (χ3n) is 5.02. The Kier molecular flexibility index (Phi) is 2.26. The lowest BCUT2D eigenvalue weighted by molar-refractivity contribution is 0.667. The Labute approximate surface area is 142 Å². The summed E-state index contributed by atoms with van der Waals surface area (Å²) in [6.45, 7) is 2.11. The van der Waals surface area contributed by atoms with Crippen molar-refractivity contribution in [2.75, 3.05) is 0 Å². The van der Waals surface area contributed by atoms with Gasteiger partial charge in [-0.25, -0.2) is 4.52 Å². The van der Waals surface area contributed by atoms with Crippen LogP contribution in [0.4, 0.5) is 0 Å². The molecule has 25 heavy (non-hydrogen) atoms. The molecule has 0 unspecified atom stereocenters. The van der Waals surface area contributed by atoms with E-state index >= 15 is 0 Å². The fourth-order valence-electron chi connectivity index (χ4n) is 3.97. The largest absolute Gasteiger partial charge is 0.454 e. The molecule has 0 radical (unpaired) electrons. The summed E-state index contributed by atoms with van der Waals surface area (Å²) in [7, 11) is 0. The minimum absolute atomic E-state index is 0.809. The van der Waals surface area contributed by atoms with Gasteiger partial charge in [0, 0.05) is 21.5 Å². The zero-order valence-electron chi connectivity index (χ0n) is 13.5. The Morgan fingerprint density at radius 2 is 1.76 bits per heavy atom. The monoisotopic (exact) mass is 323 g/mol. The van der Waals surface area contributed by atoms with E-state index in [9.17, 15) is 0 Å². The predicted molar refractivity (Wildman–Crippen MR) is 100 cm³/mol. The quantitative estimate of drug-likeness (QED) is 0.359. The topological polar surface area (TPSA) is 43.3 Å². The number of nitrogens with zero attached hydrogens (tertiary/aromatic N) is 3. The van der Waals surface area contributed by atoms with Gasteiger partial charge >= 0.3 is 0 Å². The van der Waals surface area contributed by atoms with Crippen LogP contribution in [0.3, 0.4) is 0 Å². The summed E-state index contributed by atoms with van der Waals surface area (Å²) >= 11 is 0. The van der Waals surface area contributed by atoms with Gasteiger partial charge in [-0.05, 0) is 24.6 Å². The van der Waals surface area contributed by atoms with Crippen molar-refractivity contribution in [1.82, 2.24) is 14.6 Å². The van der Waals surface area contributed by atoms with Crippen LogP contribution in [0.5, 0.6) is 0 Å². The van der Waals surface area contributed by atoms with Crippen LogP contribution >= 0.6 is 0 Å². The smallest absolute Gasteiger partial charge is 0.154 e. The molecule has 2 aromatic carbocycles. The molecule has 6 rings (SSSR count). The second-order valence-electron chi connectivity index (χ2n) is 6.42. The first-order valence-corrected chi connectivity index (χ1v) is 8.28. The first kappa shape index (κ1) is 13.0. The van der Waals surface area contributed by atoms with Crippen LogP contribution in [0.1, 0.15) is 5.56 Å². The van der Waals surface area contributed by atoms with Crippen LogP contribution in [0, 0.1) is 6.92 Å². The fraction of sp³-hybridized carbons (Fsp3) is 0.0476. The highest BCUT2D eigenvalue weighted by Gasteiger charge is 2.17. The summed E-state index contributed by atoms with van der Waals surface area (Å²) in [4.78, 5) is 4.77. The average molecular weight is 323 g/mol. The first-order chi connectivity index (χ1) is 12.3. The van der Waals surface area contributed by atoms with Gasteiger partial charge in [-0.2, -0.15) is 5.10 Å². The molecule has 0 bridgehead atoms. The third kappa shape index (κ3) is 1.51. The van der Waals surface area contributed by atoms with Gasteiger partial charge in [0.25, 0.3) is 0 Å². The molecule has 0 fully saturated rings. The second kappa shape index (κ2) is 4.36. The SMILES string of the molecule is Cc1cccc2c3ncc4oc5ccccc5c4c3c3ccnn3c12. The van der Waals surface area contributed by atoms with Crippen molar-refractivity contribution in [3.05, 3.63) is 66.5 Å². The summed E-state index contributed by atoms with van der Waals surface area (Å²) in [5, 5.41) is 9.01. The molecule has 0 N–H and O–H groups in total. The summed E-state index contributed by atoms with van der Waals surface area (Å²) in [5.41, 5.74) is 6.03. The van der Waals surface area contributed by atoms with Gasteiger partial charge < -0.3 is 4.42 Å². The van der Waals surface area contributed by atoms with E-state index in [1.54, 1.807) is 0 Å². The van der Waals surface area contributed by atoms with E-state index in [0.29, 0.717) is 0 Å². The minimum atomic E-state index is 0.809. The Hall–Kier alpha value is -3.40. The van der Waals surface area contributed by atoms with E-state index in [4.69, 9.17) is 9.40 Å². The number of benzene rings is 2. The van der Waals surface area contributed by atoms with Crippen molar-refractivity contribution >= 4 is 49.3 Å². The second-order valence-corrected chi connectivity index (χ2v) is 6.42. The van der Waals surface area contributed by atoms with Crippen LogP contribution in [-0.2, 0) is 0 Å². The lowest BCUT2D eigenvalue weighted by atomic mass is 10.0. The molecule has 0 aliphatic heterocycles. The standard InChI is InChI=1S/C21H13N3O/c1-12-5-4-7-14-20-19(15-9-10-23-24(15)21(12)14)18-13-6-2-3-8-16(13)25-17(18)11-22-20/h2-11H,1H3. The van der Waals surface area contributed by atoms with Crippen molar-refractivity contribution in [1.29, 1.82) is 0 Å². The van der Waals surface area contributed by atoms with Gasteiger partial charge in [-0.1, -0.05) is 36.4 Å². The number of para-hydroxylation sites is 2. The Bertz CT molecular complexity index is 1460. The van der Waals surface area contributed by atoms with Gasteiger partial charge in [-0.3, -0.25) is 4.98 Å². The number of hydrogen-bond acceptors (Lipinski definition) is 3. The third-order valence-corrected chi connectivity index (χ3v) is 5.02. The van der Waals surface area contributed by atoms with Crippen LogP contribution in [0.25, 0.3) is 49.3 Å². The zero-order valence-corrected chi connectivity index (χ0v) is 13.5. The average Bonchev–Trinajstić information content (AvgIpc) is 3.26. The van der Waals surface area contributed by atoms with Gasteiger partial charge in [0.15, 0.2) is 5.58 Å². The summed E-state index contributed by atoms with van der Waals surface area (Å²) < 4.78 is 8.05. The highest BCUT2D eigenvalue weighted by Crippen LogP contribution is 2.38. The van der Waals surface area contributed by atoms with E-state index in [0.717, 1.165) is 49.3 Å². The van der Waals surface area contributed by atoms with Crippen molar-refractivity contribution in [2.45, 2.75) is 6.92 Å². The molecule has 0 spiro atoms. The molecule has 0 aliphatic carbocycles. The molecule has 6 aromatic rings.